The third kappa shape index (κ3) is 2.32. The predicted molar refractivity (Wildman–Crippen MR) is 52.2 cm³/mol. The number of carbonyl (C=O) groups excluding carboxylic acids is 1. The summed E-state index contributed by atoms with van der Waals surface area (Å²) in [6.45, 7) is 0.532. The Morgan fingerprint density at radius 2 is 2.33 bits per heavy atom. The third-order valence-electron chi connectivity index (χ3n) is 2.37. The Hall–Kier alpha value is -1.89. The average molecular weight is 202 g/mol. The minimum atomic E-state index is 0.302. The number of aromatic nitrogens is 1. The second-order valence-corrected chi connectivity index (χ2v) is 3.62. The lowest BCUT2D eigenvalue weighted by atomic mass is 9.85. The second-order valence-electron chi connectivity index (χ2n) is 3.62. The molecule has 1 aromatic heterocycles. The summed E-state index contributed by atoms with van der Waals surface area (Å²) in [7, 11) is 0. The molecule has 4 heteroatoms. The smallest absolute Gasteiger partial charge is 0.213 e. The maximum atomic E-state index is 10.7. The van der Waals surface area contributed by atoms with Crippen molar-refractivity contribution in [3.05, 3.63) is 23.9 Å². The van der Waals surface area contributed by atoms with E-state index in [0.717, 1.165) is 0 Å². The van der Waals surface area contributed by atoms with Crippen molar-refractivity contribution in [1.29, 1.82) is 5.26 Å². The van der Waals surface area contributed by atoms with Crippen LogP contribution in [0, 0.1) is 17.2 Å². The van der Waals surface area contributed by atoms with Crippen LogP contribution in [0.1, 0.15) is 18.4 Å². The van der Waals surface area contributed by atoms with Gasteiger partial charge in [-0.25, -0.2) is 4.98 Å². The van der Waals surface area contributed by atoms with Crippen molar-refractivity contribution in [2.24, 2.45) is 5.92 Å². The van der Waals surface area contributed by atoms with Crippen molar-refractivity contribution in [3.8, 4) is 11.9 Å². The van der Waals surface area contributed by atoms with E-state index in [4.69, 9.17) is 10.00 Å². The summed E-state index contributed by atoms with van der Waals surface area (Å²) in [5, 5.41) is 8.55. The molecule has 76 valence electrons. The number of pyridine rings is 1. The molecule has 0 N–H and O–H groups in total. The highest BCUT2D eigenvalue weighted by Gasteiger charge is 2.26. The van der Waals surface area contributed by atoms with Crippen LogP contribution in [0.15, 0.2) is 18.3 Å². The highest BCUT2D eigenvalue weighted by atomic mass is 16.5. The summed E-state index contributed by atoms with van der Waals surface area (Å²) in [5.74, 6) is 1.15. The highest BCUT2D eigenvalue weighted by Crippen LogP contribution is 2.23. The van der Waals surface area contributed by atoms with Gasteiger partial charge >= 0.3 is 0 Å². The normalized spacial score (nSPS) is 15.5. The van der Waals surface area contributed by atoms with Crippen molar-refractivity contribution in [1.82, 2.24) is 4.98 Å². The van der Waals surface area contributed by atoms with Gasteiger partial charge in [-0.15, -0.1) is 0 Å². The zero-order valence-corrected chi connectivity index (χ0v) is 8.14. The van der Waals surface area contributed by atoms with Crippen LogP contribution in [-0.4, -0.2) is 17.4 Å². The Kier molecular flexibility index (Phi) is 2.64. The number of hydrogen-bond acceptors (Lipinski definition) is 4. The number of rotatable bonds is 3. The van der Waals surface area contributed by atoms with E-state index < -0.39 is 0 Å². The lowest BCUT2D eigenvalue weighted by Gasteiger charge is -2.23. The molecule has 0 unspecified atom stereocenters. The zero-order chi connectivity index (χ0) is 10.7. The Morgan fingerprint density at radius 1 is 1.53 bits per heavy atom. The predicted octanol–water partition coefficient (Wildman–Crippen LogP) is 1.31. The quantitative estimate of drug-likeness (QED) is 0.741. The van der Waals surface area contributed by atoms with Crippen molar-refractivity contribution in [2.45, 2.75) is 12.8 Å². The fourth-order valence-electron chi connectivity index (χ4n) is 1.44. The number of carbonyl (C=O) groups is 1. The van der Waals surface area contributed by atoms with Crippen LogP contribution in [0.4, 0.5) is 0 Å². The number of ether oxygens (including phenoxy) is 1. The van der Waals surface area contributed by atoms with Crippen LogP contribution in [0.5, 0.6) is 5.88 Å². The maximum absolute atomic E-state index is 10.7. The van der Waals surface area contributed by atoms with E-state index in [0.29, 0.717) is 42.6 Å². The minimum absolute atomic E-state index is 0.302. The molecule has 1 aromatic rings. The van der Waals surface area contributed by atoms with Crippen LogP contribution in [0.2, 0.25) is 0 Å². The van der Waals surface area contributed by atoms with Gasteiger partial charge in [0.25, 0.3) is 0 Å². The maximum Gasteiger partial charge on any atom is 0.213 e. The summed E-state index contributed by atoms with van der Waals surface area (Å²) in [6.07, 6.45) is 2.72. The number of nitrogens with zero attached hydrogens (tertiary/aromatic N) is 2. The Bertz CT molecular complexity index is 398. The van der Waals surface area contributed by atoms with Gasteiger partial charge < -0.3 is 4.74 Å². The number of Topliss-reactive ketones (excluding diaryl/α,β-unsaturated/α-hetero) is 1. The molecule has 1 saturated carbocycles. The molecule has 0 amide bonds. The Balaban J connectivity index is 1.83. The fourth-order valence-corrected chi connectivity index (χ4v) is 1.44. The molecular weight excluding hydrogens is 192 g/mol. The van der Waals surface area contributed by atoms with Crippen LogP contribution >= 0.6 is 0 Å². The van der Waals surface area contributed by atoms with Gasteiger partial charge in [0.1, 0.15) is 11.9 Å². The van der Waals surface area contributed by atoms with Gasteiger partial charge in [0.05, 0.1) is 12.2 Å². The first-order valence-corrected chi connectivity index (χ1v) is 4.78. The van der Waals surface area contributed by atoms with Crippen molar-refractivity contribution in [2.75, 3.05) is 6.61 Å². The zero-order valence-electron chi connectivity index (χ0n) is 8.14. The van der Waals surface area contributed by atoms with Gasteiger partial charge in [0.2, 0.25) is 5.88 Å². The van der Waals surface area contributed by atoms with Crippen molar-refractivity contribution < 1.29 is 9.53 Å². The molecule has 2 rings (SSSR count). The molecule has 4 nitrogen and oxygen atoms in total. The molecule has 0 bridgehead atoms. The van der Waals surface area contributed by atoms with E-state index in [1.165, 1.54) is 6.20 Å². The molecule has 15 heavy (non-hydrogen) atoms. The molecule has 0 saturated heterocycles. The molecule has 0 atom stereocenters. The van der Waals surface area contributed by atoms with E-state index in [2.05, 4.69) is 4.98 Å². The van der Waals surface area contributed by atoms with Crippen LogP contribution in [0.25, 0.3) is 0 Å². The van der Waals surface area contributed by atoms with Crippen LogP contribution in [-0.2, 0) is 4.79 Å². The molecule has 0 aliphatic heterocycles. The van der Waals surface area contributed by atoms with Gasteiger partial charge in [0.15, 0.2) is 0 Å². The number of nitriles is 1. The highest BCUT2D eigenvalue weighted by molar-refractivity contribution is 5.84. The summed E-state index contributed by atoms with van der Waals surface area (Å²) in [4.78, 5) is 14.7. The second kappa shape index (κ2) is 4.09. The summed E-state index contributed by atoms with van der Waals surface area (Å²) in [6, 6.07) is 5.31. The van der Waals surface area contributed by atoms with Crippen molar-refractivity contribution in [3.63, 3.8) is 0 Å². The first-order valence-electron chi connectivity index (χ1n) is 4.78. The molecule has 1 aliphatic carbocycles. The standard InChI is InChI=1S/C11H10N2O2/c12-5-8-1-2-11(13-6-8)15-7-9-3-10(14)4-9/h1-2,6,9H,3-4,7H2. The molecule has 1 fully saturated rings. The van der Waals surface area contributed by atoms with Gasteiger partial charge in [-0.3, -0.25) is 4.79 Å². The minimum Gasteiger partial charge on any atom is -0.477 e. The van der Waals surface area contributed by atoms with E-state index in [-0.39, 0.29) is 0 Å². The molecule has 0 radical (unpaired) electrons. The summed E-state index contributed by atoms with van der Waals surface area (Å²) in [5.41, 5.74) is 0.515. The van der Waals surface area contributed by atoms with Gasteiger partial charge in [-0.1, -0.05) is 0 Å². The third-order valence-corrected chi connectivity index (χ3v) is 2.37. The van der Waals surface area contributed by atoms with E-state index in [9.17, 15) is 4.79 Å². The summed E-state index contributed by atoms with van der Waals surface area (Å²) >= 11 is 0. The lowest BCUT2D eigenvalue weighted by molar-refractivity contribution is -0.127. The van der Waals surface area contributed by atoms with Crippen LogP contribution in [0.3, 0.4) is 0 Å². The summed E-state index contributed by atoms with van der Waals surface area (Å²) < 4.78 is 5.38. The van der Waals surface area contributed by atoms with E-state index in [1.54, 1.807) is 12.1 Å². The molecule has 0 aromatic carbocycles. The molecular formula is C11H10N2O2. The van der Waals surface area contributed by atoms with Gasteiger partial charge in [-0.05, 0) is 6.07 Å². The fraction of sp³-hybridized carbons (Fsp3) is 0.364. The van der Waals surface area contributed by atoms with Gasteiger partial charge in [0, 0.05) is 31.0 Å². The lowest BCUT2D eigenvalue weighted by Crippen LogP contribution is -2.28. The van der Waals surface area contributed by atoms with E-state index >= 15 is 0 Å². The van der Waals surface area contributed by atoms with E-state index in [1.807, 2.05) is 6.07 Å². The SMILES string of the molecule is N#Cc1ccc(OCC2CC(=O)C2)nc1. The largest absolute Gasteiger partial charge is 0.477 e. The topological polar surface area (TPSA) is 63.0 Å². The molecule has 1 heterocycles. The molecule has 0 spiro atoms. The van der Waals surface area contributed by atoms with Crippen molar-refractivity contribution >= 4 is 5.78 Å². The first kappa shape index (κ1) is 9.66. The number of hydrogen-bond donors (Lipinski definition) is 0. The molecule has 1 aliphatic rings. The average Bonchev–Trinajstić information content (AvgIpc) is 2.23. The van der Waals surface area contributed by atoms with Gasteiger partial charge in [-0.2, -0.15) is 5.26 Å². The Morgan fingerprint density at radius 3 is 2.87 bits per heavy atom. The first-order chi connectivity index (χ1) is 7.28. The van der Waals surface area contributed by atoms with Crippen LogP contribution < -0.4 is 4.74 Å². The monoisotopic (exact) mass is 202 g/mol. The number of ketones is 1. The Labute approximate surface area is 87.5 Å².